The van der Waals surface area contributed by atoms with Gasteiger partial charge in [0, 0.05) is 12.2 Å². The summed E-state index contributed by atoms with van der Waals surface area (Å²) in [6.07, 6.45) is 0.0955. The third-order valence-electron chi connectivity index (χ3n) is 3.19. The average molecular weight is 245 g/mol. The average Bonchev–Trinajstić information content (AvgIpc) is 2.63. The summed E-state index contributed by atoms with van der Waals surface area (Å²) in [6, 6.07) is 4.12. The van der Waals surface area contributed by atoms with Gasteiger partial charge in [0.15, 0.2) is 5.79 Å². The van der Waals surface area contributed by atoms with Gasteiger partial charge in [0.2, 0.25) is 0 Å². The molecule has 0 spiro atoms. The maximum atomic E-state index is 5.93. The van der Waals surface area contributed by atoms with Gasteiger partial charge >= 0.3 is 0 Å². The van der Waals surface area contributed by atoms with Crippen LogP contribution in [0.5, 0.6) is 0 Å². The maximum Gasteiger partial charge on any atom is 0.163 e. The first kappa shape index (κ1) is 13.4. The molecule has 3 nitrogen and oxygen atoms in total. The van der Waals surface area contributed by atoms with Gasteiger partial charge in [0.05, 0.1) is 6.61 Å². The Balaban J connectivity index is 1.95. The fraction of sp³-hybridized carbons (Fsp3) is 0.571. The lowest BCUT2D eigenvalue weighted by molar-refractivity contribution is -0.136. The molecule has 1 saturated heterocycles. The Labute approximate surface area is 110 Å². The number of aryl methyl sites for hydroxylation is 2. The largest absolute Gasteiger partial charge is 0.382 e. The van der Waals surface area contributed by atoms with Crippen molar-refractivity contribution in [1.29, 1.82) is 0 Å². The van der Waals surface area contributed by atoms with Crippen molar-refractivity contribution in [3.8, 4) is 0 Å². The molecule has 0 unspecified atom stereocenters. The van der Waals surface area contributed by atoms with Crippen molar-refractivity contribution in [2.45, 2.75) is 39.6 Å². The highest BCUT2D eigenvalue weighted by Crippen LogP contribution is 2.22. The van der Waals surface area contributed by atoms with E-state index in [0.29, 0.717) is 6.61 Å². The molecule has 2 radical (unpaired) electrons. The highest BCUT2D eigenvalue weighted by atomic mass is 16.7. The third-order valence-corrected chi connectivity index (χ3v) is 3.19. The van der Waals surface area contributed by atoms with Crippen LogP contribution in [0.1, 0.15) is 25.0 Å². The standard InChI is InChI=1S/C14H20BNO2/c1-9-5-11(6-10(2)13(9)15)16-7-12-8-17-14(3,4)18-12/h5-6,12,16H,7-8H2,1-4H3/t12-/m0/s1. The number of benzene rings is 1. The second-order valence-electron chi connectivity index (χ2n) is 5.36. The van der Waals surface area contributed by atoms with Gasteiger partial charge < -0.3 is 14.8 Å². The fourth-order valence-electron chi connectivity index (χ4n) is 2.17. The summed E-state index contributed by atoms with van der Waals surface area (Å²) in [7, 11) is 5.93. The quantitative estimate of drug-likeness (QED) is 0.821. The zero-order valence-corrected chi connectivity index (χ0v) is 11.5. The van der Waals surface area contributed by atoms with Gasteiger partial charge in [-0.15, -0.1) is 0 Å². The van der Waals surface area contributed by atoms with Crippen molar-refractivity contribution in [3.63, 3.8) is 0 Å². The van der Waals surface area contributed by atoms with Crippen LogP contribution < -0.4 is 10.8 Å². The molecule has 1 heterocycles. The van der Waals surface area contributed by atoms with E-state index in [1.807, 2.05) is 27.7 Å². The van der Waals surface area contributed by atoms with Crippen LogP contribution in [0.15, 0.2) is 12.1 Å². The van der Waals surface area contributed by atoms with Crippen LogP contribution >= 0.6 is 0 Å². The van der Waals surface area contributed by atoms with Crippen molar-refractivity contribution in [1.82, 2.24) is 0 Å². The molecule has 18 heavy (non-hydrogen) atoms. The third kappa shape index (κ3) is 3.06. The van der Waals surface area contributed by atoms with E-state index >= 15 is 0 Å². The van der Waals surface area contributed by atoms with Gasteiger partial charge in [-0.1, -0.05) is 16.6 Å². The van der Waals surface area contributed by atoms with Crippen molar-refractivity contribution < 1.29 is 9.47 Å². The molecule has 0 amide bonds. The molecule has 1 aliphatic heterocycles. The second-order valence-corrected chi connectivity index (χ2v) is 5.36. The van der Waals surface area contributed by atoms with Crippen LogP contribution in [0.25, 0.3) is 0 Å². The van der Waals surface area contributed by atoms with Crippen molar-refractivity contribution >= 4 is 19.0 Å². The molecule has 1 fully saturated rings. The summed E-state index contributed by atoms with van der Waals surface area (Å²) in [6.45, 7) is 9.28. The molecule has 96 valence electrons. The van der Waals surface area contributed by atoms with Crippen molar-refractivity contribution in [3.05, 3.63) is 23.3 Å². The van der Waals surface area contributed by atoms with E-state index in [0.717, 1.165) is 28.8 Å². The van der Waals surface area contributed by atoms with E-state index in [2.05, 4.69) is 17.4 Å². The lowest BCUT2D eigenvalue weighted by Crippen LogP contribution is -2.26. The Morgan fingerprint density at radius 3 is 2.44 bits per heavy atom. The summed E-state index contributed by atoms with van der Waals surface area (Å²) < 4.78 is 11.3. The number of ether oxygens (including phenoxy) is 2. The highest BCUT2D eigenvalue weighted by molar-refractivity contribution is 6.34. The summed E-state index contributed by atoms with van der Waals surface area (Å²) in [5, 5.41) is 3.37. The zero-order chi connectivity index (χ0) is 13.3. The molecule has 1 aliphatic rings. The van der Waals surface area contributed by atoms with Gasteiger partial charge in [-0.05, 0) is 39.8 Å². The summed E-state index contributed by atoms with van der Waals surface area (Å²) in [5.74, 6) is -0.459. The van der Waals surface area contributed by atoms with Crippen molar-refractivity contribution in [2.75, 3.05) is 18.5 Å². The number of hydrogen-bond acceptors (Lipinski definition) is 3. The van der Waals surface area contributed by atoms with Gasteiger partial charge in [-0.3, -0.25) is 0 Å². The minimum atomic E-state index is -0.459. The topological polar surface area (TPSA) is 30.5 Å². The molecule has 0 aromatic heterocycles. The summed E-state index contributed by atoms with van der Waals surface area (Å²) in [4.78, 5) is 0. The van der Waals surface area contributed by atoms with Gasteiger partial charge in [-0.2, -0.15) is 0 Å². The van der Waals surface area contributed by atoms with E-state index in [4.69, 9.17) is 17.3 Å². The summed E-state index contributed by atoms with van der Waals surface area (Å²) >= 11 is 0. The molecular formula is C14H20BNO2. The van der Waals surface area contributed by atoms with E-state index in [1.165, 1.54) is 0 Å². The lowest BCUT2D eigenvalue weighted by Gasteiger charge is -2.18. The Morgan fingerprint density at radius 2 is 1.94 bits per heavy atom. The smallest absolute Gasteiger partial charge is 0.163 e. The number of hydrogen-bond donors (Lipinski definition) is 1. The Hall–Kier alpha value is -0.995. The SMILES string of the molecule is [B]c1c(C)cc(NC[C@H]2COC(C)(C)O2)cc1C. The molecule has 1 aromatic carbocycles. The first-order valence-corrected chi connectivity index (χ1v) is 6.30. The first-order valence-electron chi connectivity index (χ1n) is 6.30. The molecule has 2 rings (SSSR count). The molecule has 0 bridgehead atoms. The Bertz CT molecular complexity index is 422. The minimum absolute atomic E-state index is 0.0955. The zero-order valence-electron chi connectivity index (χ0n) is 11.5. The first-order chi connectivity index (χ1) is 8.37. The normalized spacial score (nSPS) is 22.1. The molecule has 1 aromatic rings. The molecule has 1 atom stereocenters. The van der Waals surface area contributed by atoms with Crippen LogP contribution in [0.2, 0.25) is 0 Å². The van der Waals surface area contributed by atoms with E-state index < -0.39 is 5.79 Å². The molecule has 0 aliphatic carbocycles. The van der Waals surface area contributed by atoms with Crippen LogP contribution in [0.3, 0.4) is 0 Å². The fourth-order valence-corrected chi connectivity index (χ4v) is 2.17. The predicted molar refractivity (Wildman–Crippen MR) is 74.7 cm³/mol. The molecule has 1 N–H and O–H groups in total. The van der Waals surface area contributed by atoms with Crippen LogP contribution in [0.4, 0.5) is 5.69 Å². The van der Waals surface area contributed by atoms with Gasteiger partial charge in [0.1, 0.15) is 14.0 Å². The summed E-state index contributed by atoms with van der Waals surface area (Å²) in [5.41, 5.74) is 4.14. The highest BCUT2D eigenvalue weighted by Gasteiger charge is 2.32. The van der Waals surface area contributed by atoms with Gasteiger partial charge in [0.25, 0.3) is 0 Å². The van der Waals surface area contributed by atoms with Crippen LogP contribution in [-0.4, -0.2) is 32.9 Å². The van der Waals surface area contributed by atoms with E-state index in [1.54, 1.807) is 0 Å². The number of anilines is 1. The Morgan fingerprint density at radius 1 is 1.33 bits per heavy atom. The van der Waals surface area contributed by atoms with E-state index in [-0.39, 0.29) is 6.10 Å². The number of rotatable bonds is 3. The monoisotopic (exact) mass is 245 g/mol. The van der Waals surface area contributed by atoms with Gasteiger partial charge in [-0.25, -0.2) is 0 Å². The van der Waals surface area contributed by atoms with Crippen LogP contribution in [0, 0.1) is 13.8 Å². The Kier molecular flexibility index (Phi) is 3.69. The van der Waals surface area contributed by atoms with Crippen LogP contribution in [-0.2, 0) is 9.47 Å². The van der Waals surface area contributed by atoms with E-state index in [9.17, 15) is 0 Å². The predicted octanol–water partition coefficient (Wildman–Crippen LogP) is 1.66. The maximum absolute atomic E-state index is 5.93. The molecule has 4 heteroatoms. The second kappa shape index (κ2) is 4.94. The molecular weight excluding hydrogens is 225 g/mol. The van der Waals surface area contributed by atoms with Crippen molar-refractivity contribution in [2.24, 2.45) is 0 Å². The molecule has 0 saturated carbocycles. The lowest BCUT2D eigenvalue weighted by atomic mass is 9.86. The number of nitrogens with one attached hydrogen (secondary N) is 1. The minimum Gasteiger partial charge on any atom is -0.382 e.